The molecule has 0 unspecified atom stereocenters. The molecule has 1 aliphatic heterocycles. The van der Waals surface area contributed by atoms with E-state index in [1.54, 1.807) is 24.9 Å². The molecule has 0 aromatic carbocycles. The van der Waals surface area contributed by atoms with Crippen LogP contribution in [0.5, 0.6) is 0 Å². The van der Waals surface area contributed by atoms with E-state index < -0.39 is 5.54 Å². The number of hydrogen-bond donors (Lipinski definition) is 2. The van der Waals surface area contributed by atoms with Crippen molar-refractivity contribution in [3.63, 3.8) is 0 Å². The van der Waals surface area contributed by atoms with Crippen LogP contribution in [-0.2, 0) is 11.8 Å². The van der Waals surface area contributed by atoms with Crippen molar-refractivity contribution in [2.24, 2.45) is 7.05 Å². The number of aromatic nitrogens is 2. The minimum absolute atomic E-state index is 0.0680. The Hall–Kier alpha value is -1.40. The Bertz CT molecular complexity index is 436. The zero-order valence-corrected chi connectivity index (χ0v) is 10.8. The standard InChI is InChI=1S/C12H19N3O3/c1-9-10(7-15(2)14-9)11(17)13-12(8-16)3-5-18-6-4-12/h7,16H,3-6,8H2,1-2H3,(H,13,17). The average molecular weight is 253 g/mol. The number of ether oxygens (including phenoxy) is 1. The molecule has 18 heavy (non-hydrogen) atoms. The van der Waals surface area contributed by atoms with Crippen LogP contribution < -0.4 is 5.32 Å². The summed E-state index contributed by atoms with van der Waals surface area (Å²) in [6, 6.07) is 0. The maximum atomic E-state index is 12.2. The minimum Gasteiger partial charge on any atom is -0.394 e. The predicted molar refractivity (Wildman–Crippen MR) is 65.3 cm³/mol. The van der Waals surface area contributed by atoms with E-state index >= 15 is 0 Å². The van der Waals surface area contributed by atoms with Gasteiger partial charge in [0.25, 0.3) is 5.91 Å². The molecule has 0 bridgehead atoms. The number of amides is 1. The molecule has 0 aliphatic carbocycles. The van der Waals surface area contributed by atoms with Gasteiger partial charge in [-0.25, -0.2) is 0 Å². The molecule has 1 amide bonds. The molecule has 100 valence electrons. The van der Waals surface area contributed by atoms with Crippen molar-refractivity contribution in [3.05, 3.63) is 17.5 Å². The van der Waals surface area contributed by atoms with E-state index in [0.29, 0.717) is 37.3 Å². The summed E-state index contributed by atoms with van der Waals surface area (Å²) in [5.41, 5.74) is 0.685. The quantitative estimate of drug-likeness (QED) is 0.795. The lowest BCUT2D eigenvalue weighted by Gasteiger charge is -2.36. The second-order valence-electron chi connectivity index (χ2n) is 4.81. The Labute approximate surface area is 106 Å². The van der Waals surface area contributed by atoms with Gasteiger partial charge < -0.3 is 15.2 Å². The Morgan fingerprint density at radius 3 is 2.78 bits per heavy atom. The number of rotatable bonds is 3. The lowest BCUT2D eigenvalue weighted by atomic mass is 9.90. The van der Waals surface area contributed by atoms with E-state index in [1.807, 2.05) is 0 Å². The normalized spacial score (nSPS) is 18.6. The molecule has 0 atom stereocenters. The number of aryl methyl sites for hydroxylation is 2. The molecule has 0 radical (unpaired) electrons. The van der Waals surface area contributed by atoms with Crippen molar-refractivity contribution in [1.82, 2.24) is 15.1 Å². The molecule has 2 N–H and O–H groups in total. The number of carbonyl (C=O) groups excluding carboxylic acids is 1. The first-order valence-electron chi connectivity index (χ1n) is 6.08. The van der Waals surface area contributed by atoms with Gasteiger partial charge in [0.2, 0.25) is 0 Å². The van der Waals surface area contributed by atoms with Crippen molar-refractivity contribution >= 4 is 5.91 Å². The highest BCUT2D eigenvalue weighted by molar-refractivity contribution is 5.95. The molecule has 6 heteroatoms. The fourth-order valence-electron chi connectivity index (χ4n) is 2.22. The van der Waals surface area contributed by atoms with Crippen molar-refractivity contribution in [2.75, 3.05) is 19.8 Å². The highest BCUT2D eigenvalue weighted by atomic mass is 16.5. The summed E-state index contributed by atoms with van der Waals surface area (Å²) in [7, 11) is 1.78. The van der Waals surface area contributed by atoms with Crippen molar-refractivity contribution < 1.29 is 14.6 Å². The van der Waals surface area contributed by atoms with Gasteiger partial charge in [0, 0.05) is 26.5 Å². The van der Waals surface area contributed by atoms with Crippen LogP contribution in [0, 0.1) is 6.92 Å². The van der Waals surface area contributed by atoms with Crippen LogP contribution in [0.25, 0.3) is 0 Å². The van der Waals surface area contributed by atoms with Crippen molar-refractivity contribution in [1.29, 1.82) is 0 Å². The molecule has 1 saturated heterocycles. The van der Waals surface area contributed by atoms with E-state index in [1.165, 1.54) is 0 Å². The third-order valence-corrected chi connectivity index (χ3v) is 3.39. The molecule has 1 fully saturated rings. The third kappa shape index (κ3) is 2.54. The third-order valence-electron chi connectivity index (χ3n) is 3.39. The maximum Gasteiger partial charge on any atom is 0.255 e. The Kier molecular flexibility index (Phi) is 3.68. The first-order chi connectivity index (χ1) is 8.56. The summed E-state index contributed by atoms with van der Waals surface area (Å²) in [6.07, 6.45) is 2.96. The molecule has 1 aromatic heterocycles. The van der Waals surface area contributed by atoms with Gasteiger partial charge in [-0.15, -0.1) is 0 Å². The number of nitrogens with one attached hydrogen (secondary N) is 1. The van der Waals surface area contributed by atoms with Gasteiger partial charge in [-0.3, -0.25) is 9.48 Å². The zero-order chi connectivity index (χ0) is 13.2. The van der Waals surface area contributed by atoms with Gasteiger partial charge in [0.1, 0.15) is 0 Å². The van der Waals surface area contributed by atoms with Gasteiger partial charge in [-0.05, 0) is 19.8 Å². The molecule has 1 aromatic rings. The molecular weight excluding hydrogens is 234 g/mol. The van der Waals surface area contributed by atoms with E-state index in [9.17, 15) is 9.90 Å². The van der Waals surface area contributed by atoms with E-state index in [0.717, 1.165) is 0 Å². The number of aliphatic hydroxyl groups excluding tert-OH is 1. The van der Waals surface area contributed by atoms with Gasteiger partial charge >= 0.3 is 0 Å². The van der Waals surface area contributed by atoms with Crippen LogP contribution in [0.2, 0.25) is 0 Å². The fraction of sp³-hybridized carbons (Fsp3) is 0.667. The Balaban J connectivity index is 2.12. The summed E-state index contributed by atoms with van der Waals surface area (Å²) in [6.45, 7) is 2.85. The van der Waals surface area contributed by atoms with E-state index in [4.69, 9.17) is 4.74 Å². The van der Waals surface area contributed by atoms with E-state index in [2.05, 4.69) is 10.4 Å². The fourth-order valence-corrected chi connectivity index (χ4v) is 2.22. The van der Waals surface area contributed by atoms with Gasteiger partial charge in [0.15, 0.2) is 0 Å². The zero-order valence-electron chi connectivity index (χ0n) is 10.8. The van der Waals surface area contributed by atoms with Crippen molar-refractivity contribution in [2.45, 2.75) is 25.3 Å². The number of nitrogens with zero attached hydrogens (tertiary/aromatic N) is 2. The number of carbonyl (C=O) groups is 1. The monoisotopic (exact) mass is 253 g/mol. The molecule has 6 nitrogen and oxygen atoms in total. The Morgan fingerprint density at radius 2 is 2.28 bits per heavy atom. The number of aliphatic hydroxyl groups is 1. The van der Waals surface area contributed by atoms with Gasteiger partial charge in [-0.2, -0.15) is 5.10 Å². The Morgan fingerprint density at radius 1 is 1.61 bits per heavy atom. The summed E-state index contributed by atoms with van der Waals surface area (Å²) in [5, 5.41) is 16.6. The van der Waals surface area contributed by atoms with Crippen molar-refractivity contribution in [3.8, 4) is 0 Å². The highest BCUT2D eigenvalue weighted by Crippen LogP contribution is 2.21. The summed E-state index contributed by atoms with van der Waals surface area (Å²) >= 11 is 0. The molecular formula is C12H19N3O3. The molecule has 0 saturated carbocycles. The summed E-state index contributed by atoms with van der Waals surface area (Å²) in [5.74, 6) is -0.184. The first kappa shape index (κ1) is 13.0. The smallest absolute Gasteiger partial charge is 0.255 e. The van der Waals surface area contributed by atoms with Crippen LogP contribution in [-0.4, -0.2) is 46.2 Å². The average Bonchev–Trinajstić information content (AvgIpc) is 2.70. The largest absolute Gasteiger partial charge is 0.394 e. The molecule has 2 rings (SSSR count). The summed E-state index contributed by atoms with van der Waals surface area (Å²) in [4.78, 5) is 12.2. The van der Waals surface area contributed by atoms with Crippen LogP contribution in [0.3, 0.4) is 0 Å². The molecule has 2 heterocycles. The maximum absolute atomic E-state index is 12.2. The molecule has 0 spiro atoms. The summed E-state index contributed by atoms with van der Waals surface area (Å²) < 4.78 is 6.87. The van der Waals surface area contributed by atoms with Gasteiger partial charge in [0.05, 0.1) is 23.4 Å². The predicted octanol–water partition coefficient (Wildman–Crippen LogP) is -0.000180. The van der Waals surface area contributed by atoms with Crippen LogP contribution in [0.1, 0.15) is 28.9 Å². The highest BCUT2D eigenvalue weighted by Gasteiger charge is 2.34. The second-order valence-corrected chi connectivity index (χ2v) is 4.81. The van der Waals surface area contributed by atoms with E-state index in [-0.39, 0.29) is 12.5 Å². The van der Waals surface area contributed by atoms with Crippen LogP contribution >= 0.6 is 0 Å². The lowest BCUT2D eigenvalue weighted by Crippen LogP contribution is -2.54. The van der Waals surface area contributed by atoms with Gasteiger partial charge in [-0.1, -0.05) is 0 Å². The minimum atomic E-state index is -0.558. The second kappa shape index (κ2) is 5.07. The topological polar surface area (TPSA) is 76.4 Å². The molecule has 1 aliphatic rings. The first-order valence-corrected chi connectivity index (χ1v) is 6.08. The lowest BCUT2D eigenvalue weighted by molar-refractivity contribution is 0.0125. The SMILES string of the molecule is Cc1nn(C)cc1C(=O)NC1(CO)CCOCC1. The van der Waals surface area contributed by atoms with Crippen LogP contribution in [0.15, 0.2) is 6.20 Å². The van der Waals surface area contributed by atoms with Crippen LogP contribution in [0.4, 0.5) is 0 Å². The number of hydrogen-bond acceptors (Lipinski definition) is 4.